The van der Waals surface area contributed by atoms with Crippen LogP contribution < -0.4 is 5.32 Å². The molecule has 0 radical (unpaired) electrons. The number of hydrogen-bond acceptors (Lipinski definition) is 2. The van der Waals surface area contributed by atoms with Gasteiger partial charge in [0, 0.05) is 22.3 Å². The van der Waals surface area contributed by atoms with Crippen LogP contribution in [-0.4, -0.2) is 0 Å². The topological polar surface area (TPSA) is 25.2 Å². The van der Waals surface area contributed by atoms with Gasteiger partial charge in [0.15, 0.2) is 0 Å². The van der Waals surface area contributed by atoms with Gasteiger partial charge in [0.2, 0.25) is 0 Å². The van der Waals surface area contributed by atoms with Gasteiger partial charge in [0.25, 0.3) is 0 Å². The first-order valence-electron chi connectivity index (χ1n) is 5.18. The largest absolute Gasteiger partial charge is 0.472 e. The Labute approximate surface area is 104 Å². The lowest BCUT2D eigenvalue weighted by molar-refractivity contribution is 0.564. The van der Waals surface area contributed by atoms with Crippen LogP contribution in [0.4, 0.5) is 5.69 Å². The van der Waals surface area contributed by atoms with E-state index < -0.39 is 0 Å². The van der Waals surface area contributed by atoms with E-state index in [1.165, 1.54) is 16.8 Å². The highest BCUT2D eigenvalue weighted by atomic mass is 79.9. The summed E-state index contributed by atoms with van der Waals surface area (Å²) < 4.78 is 6.16. The van der Waals surface area contributed by atoms with Gasteiger partial charge in [-0.05, 0) is 43.2 Å². The molecule has 2 aromatic rings. The number of nitrogens with one attached hydrogen (secondary N) is 1. The van der Waals surface area contributed by atoms with Crippen molar-refractivity contribution in [3.05, 3.63) is 51.9 Å². The lowest BCUT2D eigenvalue weighted by atomic mass is 10.1. The summed E-state index contributed by atoms with van der Waals surface area (Å²) in [4.78, 5) is 0. The van der Waals surface area contributed by atoms with E-state index in [0.29, 0.717) is 0 Å². The van der Waals surface area contributed by atoms with Crippen LogP contribution in [0.25, 0.3) is 0 Å². The van der Waals surface area contributed by atoms with Crippen molar-refractivity contribution in [1.82, 2.24) is 0 Å². The zero-order valence-electron chi connectivity index (χ0n) is 9.38. The highest BCUT2D eigenvalue weighted by molar-refractivity contribution is 9.10. The quantitative estimate of drug-likeness (QED) is 0.908. The SMILES string of the molecule is Cc1cc(Br)cc(C)c1NCc1ccoc1. The Morgan fingerprint density at radius 2 is 1.94 bits per heavy atom. The smallest absolute Gasteiger partial charge is 0.0952 e. The maximum absolute atomic E-state index is 5.04. The molecule has 0 unspecified atom stereocenters. The zero-order valence-corrected chi connectivity index (χ0v) is 11.0. The second-order valence-electron chi connectivity index (χ2n) is 3.90. The predicted octanol–water partition coefficient (Wildman–Crippen LogP) is 4.27. The van der Waals surface area contributed by atoms with Crippen molar-refractivity contribution in [2.24, 2.45) is 0 Å². The lowest BCUT2D eigenvalue weighted by Crippen LogP contribution is -2.02. The molecule has 1 N–H and O–H groups in total. The van der Waals surface area contributed by atoms with E-state index in [9.17, 15) is 0 Å². The number of hydrogen-bond donors (Lipinski definition) is 1. The molecule has 0 atom stereocenters. The average molecular weight is 280 g/mol. The van der Waals surface area contributed by atoms with Crippen LogP contribution in [0.3, 0.4) is 0 Å². The monoisotopic (exact) mass is 279 g/mol. The Hall–Kier alpha value is -1.22. The standard InChI is InChI=1S/C13H14BrNO/c1-9-5-12(14)6-10(2)13(9)15-7-11-3-4-16-8-11/h3-6,8,15H,7H2,1-2H3. The fourth-order valence-corrected chi connectivity index (χ4v) is 2.46. The summed E-state index contributed by atoms with van der Waals surface area (Å²) in [6.07, 6.45) is 3.45. The van der Waals surface area contributed by atoms with E-state index in [1.807, 2.05) is 6.07 Å². The number of anilines is 1. The molecule has 1 aromatic heterocycles. The molecule has 84 valence electrons. The van der Waals surface area contributed by atoms with Crippen molar-refractivity contribution < 1.29 is 4.42 Å². The Kier molecular flexibility index (Phi) is 3.34. The van der Waals surface area contributed by atoms with Gasteiger partial charge in [0.05, 0.1) is 12.5 Å². The van der Waals surface area contributed by atoms with E-state index in [2.05, 4.69) is 47.2 Å². The minimum atomic E-state index is 0.791. The van der Waals surface area contributed by atoms with Crippen molar-refractivity contribution >= 4 is 21.6 Å². The molecule has 2 nitrogen and oxygen atoms in total. The first-order chi connectivity index (χ1) is 7.66. The van der Waals surface area contributed by atoms with E-state index in [1.54, 1.807) is 12.5 Å². The molecule has 16 heavy (non-hydrogen) atoms. The average Bonchev–Trinajstić information content (AvgIpc) is 2.68. The van der Waals surface area contributed by atoms with Gasteiger partial charge in [-0.1, -0.05) is 15.9 Å². The van der Waals surface area contributed by atoms with Crippen LogP contribution in [0.5, 0.6) is 0 Å². The summed E-state index contributed by atoms with van der Waals surface area (Å²) in [6, 6.07) is 6.20. The third-order valence-electron chi connectivity index (χ3n) is 2.55. The summed E-state index contributed by atoms with van der Waals surface area (Å²) in [6.45, 7) is 5.00. The molecular formula is C13H14BrNO. The van der Waals surface area contributed by atoms with Gasteiger partial charge in [-0.3, -0.25) is 0 Å². The summed E-state index contributed by atoms with van der Waals surface area (Å²) in [7, 11) is 0. The molecule has 0 bridgehead atoms. The fraction of sp³-hybridized carbons (Fsp3) is 0.231. The Morgan fingerprint density at radius 1 is 1.25 bits per heavy atom. The molecule has 0 aliphatic carbocycles. The Bertz CT molecular complexity index is 454. The van der Waals surface area contributed by atoms with E-state index in [-0.39, 0.29) is 0 Å². The van der Waals surface area contributed by atoms with Gasteiger partial charge in [-0.25, -0.2) is 0 Å². The molecule has 1 aromatic carbocycles. The number of benzene rings is 1. The lowest BCUT2D eigenvalue weighted by Gasteiger charge is -2.12. The summed E-state index contributed by atoms with van der Waals surface area (Å²) >= 11 is 3.49. The van der Waals surface area contributed by atoms with Crippen molar-refractivity contribution in [3.63, 3.8) is 0 Å². The Morgan fingerprint density at radius 3 is 2.50 bits per heavy atom. The number of halogens is 1. The van der Waals surface area contributed by atoms with Gasteiger partial charge < -0.3 is 9.73 Å². The molecule has 1 heterocycles. The normalized spacial score (nSPS) is 10.4. The zero-order chi connectivity index (χ0) is 11.5. The van der Waals surface area contributed by atoms with E-state index >= 15 is 0 Å². The van der Waals surface area contributed by atoms with Crippen molar-refractivity contribution in [2.45, 2.75) is 20.4 Å². The Balaban J connectivity index is 2.15. The molecular weight excluding hydrogens is 266 g/mol. The number of aryl methyl sites for hydroxylation is 2. The molecule has 0 saturated carbocycles. The van der Waals surface area contributed by atoms with Gasteiger partial charge >= 0.3 is 0 Å². The van der Waals surface area contributed by atoms with E-state index in [0.717, 1.165) is 16.6 Å². The second-order valence-corrected chi connectivity index (χ2v) is 4.82. The molecule has 0 aliphatic heterocycles. The maximum Gasteiger partial charge on any atom is 0.0952 e. The first-order valence-corrected chi connectivity index (χ1v) is 5.98. The highest BCUT2D eigenvalue weighted by Gasteiger charge is 2.04. The van der Waals surface area contributed by atoms with E-state index in [4.69, 9.17) is 4.42 Å². The van der Waals surface area contributed by atoms with Crippen LogP contribution in [0, 0.1) is 13.8 Å². The first kappa shape index (κ1) is 11.3. The van der Waals surface area contributed by atoms with Crippen LogP contribution in [0.1, 0.15) is 16.7 Å². The molecule has 0 saturated heterocycles. The molecule has 0 spiro atoms. The molecule has 0 aliphatic rings. The highest BCUT2D eigenvalue weighted by Crippen LogP contribution is 2.25. The summed E-state index contributed by atoms with van der Waals surface area (Å²) in [5.74, 6) is 0. The van der Waals surface area contributed by atoms with Crippen molar-refractivity contribution in [1.29, 1.82) is 0 Å². The third-order valence-corrected chi connectivity index (χ3v) is 3.00. The van der Waals surface area contributed by atoms with Crippen LogP contribution in [-0.2, 0) is 6.54 Å². The van der Waals surface area contributed by atoms with Gasteiger partial charge in [0.1, 0.15) is 0 Å². The number of rotatable bonds is 3. The van der Waals surface area contributed by atoms with Crippen LogP contribution in [0.15, 0.2) is 39.6 Å². The van der Waals surface area contributed by atoms with Gasteiger partial charge in [-0.2, -0.15) is 0 Å². The minimum Gasteiger partial charge on any atom is -0.472 e. The molecule has 0 amide bonds. The second kappa shape index (κ2) is 4.74. The van der Waals surface area contributed by atoms with Gasteiger partial charge in [-0.15, -0.1) is 0 Å². The van der Waals surface area contributed by atoms with Crippen LogP contribution in [0.2, 0.25) is 0 Å². The van der Waals surface area contributed by atoms with Crippen molar-refractivity contribution in [2.75, 3.05) is 5.32 Å². The summed E-state index contributed by atoms with van der Waals surface area (Å²) in [5.41, 5.74) is 4.84. The third kappa shape index (κ3) is 2.47. The molecule has 3 heteroatoms. The fourth-order valence-electron chi connectivity index (χ4n) is 1.77. The van der Waals surface area contributed by atoms with Crippen LogP contribution >= 0.6 is 15.9 Å². The molecule has 2 rings (SSSR count). The minimum absolute atomic E-state index is 0.791. The maximum atomic E-state index is 5.04. The predicted molar refractivity (Wildman–Crippen MR) is 69.7 cm³/mol. The molecule has 0 fully saturated rings. The number of furan rings is 1. The van der Waals surface area contributed by atoms with Crippen molar-refractivity contribution in [3.8, 4) is 0 Å². The summed E-state index contributed by atoms with van der Waals surface area (Å²) in [5, 5.41) is 3.43.